The first-order valence-corrected chi connectivity index (χ1v) is 9.85. The van der Waals surface area contributed by atoms with Gasteiger partial charge in [0.25, 0.3) is 5.91 Å². The highest BCUT2D eigenvalue weighted by Crippen LogP contribution is 2.28. The van der Waals surface area contributed by atoms with E-state index in [1.807, 2.05) is 6.92 Å². The standard InChI is InChI=1S/C21H19FN8O3/c1-3-32-16-10-6-14(7-11-16)18-17(25-29-30(18)20-19(23)27-33-28-20)21(31)26-24-12(2)13-4-8-15(22)9-5-13/h4-11H,3H2,1-2H3,(H2,23,27)(H,26,31)/b24-12-. The van der Waals surface area contributed by atoms with Gasteiger partial charge in [-0.1, -0.05) is 17.3 Å². The highest BCUT2D eigenvalue weighted by atomic mass is 19.1. The summed E-state index contributed by atoms with van der Waals surface area (Å²) in [5.41, 5.74) is 10.3. The van der Waals surface area contributed by atoms with Crippen LogP contribution in [0.5, 0.6) is 5.75 Å². The molecular weight excluding hydrogens is 431 g/mol. The zero-order valence-corrected chi connectivity index (χ0v) is 17.7. The van der Waals surface area contributed by atoms with Crippen LogP contribution in [0.15, 0.2) is 58.3 Å². The van der Waals surface area contributed by atoms with Gasteiger partial charge in [-0.2, -0.15) is 9.78 Å². The molecular formula is C21H19FN8O3. The molecule has 2 aromatic heterocycles. The van der Waals surface area contributed by atoms with Crippen molar-refractivity contribution < 1.29 is 18.6 Å². The Labute approximate surface area is 187 Å². The Bertz CT molecular complexity index is 1300. The number of aromatic nitrogens is 5. The molecule has 0 saturated heterocycles. The molecule has 0 unspecified atom stereocenters. The van der Waals surface area contributed by atoms with Crippen molar-refractivity contribution in [3.05, 3.63) is 65.6 Å². The van der Waals surface area contributed by atoms with Crippen LogP contribution in [0.25, 0.3) is 17.1 Å². The first kappa shape index (κ1) is 21.6. The quantitative estimate of drug-likeness (QED) is 0.323. The van der Waals surface area contributed by atoms with Crippen molar-refractivity contribution in [3.8, 4) is 22.8 Å². The second-order valence-electron chi connectivity index (χ2n) is 6.77. The Hall–Kier alpha value is -4.61. The molecule has 0 fully saturated rings. The van der Waals surface area contributed by atoms with Gasteiger partial charge < -0.3 is 10.5 Å². The smallest absolute Gasteiger partial charge is 0.294 e. The summed E-state index contributed by atoms with van der Waals surface area (Å²) in [6, 6.07) is 12.7. The number of nitrogens with two attached hydrogens (primary N) is 1. The normalized spacial score (nSPS) is 11.4. The lowest BCUT2D eigenvalue weighted by molar-refractivity contribution is 0.0950. The van der Waals surface area contributed by atoms with Crippen LogP contribution in [0.1, 0.15) is 29.9 Å². The van der Waals surface area contributed by atoms with E-state index in [1.165, 1.54) is 16.8 Å². The van der Waals surface area contributed by atoms with Crippen molar-refractivity contribution in [2.24, 2.45) is 5.10 Å². The Morgan fingerprint density at radius 3 is 2.55 bits per heavy atom. The van der Waals surface area contributed by atoms with Crippen LogP contribution in [0.4, 0.5) is 10.2 Å². The lowest BCUT2D eigenvalue weighted by atomic mass is 10.1. The number of carbonyl (C=O) groups is 1. The molecule has 0 aliphatic rings. The number of halogens is 1. The summed E-state index contributed by atoms with van der Waals surface area (Å²) in [5, 5.41) is 19.4. The average Bonchev–Trinajstić information content (AvgIpc) is 3.44. The summed E-state index contributed by atoms with van der Waals surface area (Å²) in [7, 11) is 0. The minimum atomic E-state index is -0.623. The van der Waals surface area contributed by atoms with E-state index in [9.17, 15) is 9.18 Å². The van der Waals surface area contributed by atoms with E-state index in [0.29, 0.717) is 34.9 Å². The molecule has 12 heteroatoms. The van der Waals surface area contributed by atoms with Crippen molar-refractivity contribution in [1.29, 1.82) is 0 Å². The lowest BCUT2D eigenvalue weighted by Gasteiger charge is -2.08. The fourth-order valence-electron chi connectivity index (χ4n) is 3.00. The van der Waals surface area contributed by atoms with E-state index in [2.05, 4.69) is 35.8 Å². The number of carbonyl (C=O) groups excluding carboxylic acids is 1. The third-order valence-corrected chi connectivity index (χ3v) is 4.61. The first-order valence-electron chi connectivity index (χ1n) is 9.85. The fourth-order valence-corrected chi connectivity index (χ4v) is 3.00. The van der Waals surface area contributed by atoms with Gasteiger partial charge in [0.05, 0.1) is 12.3 Å². The average molecular weight is 450 g/mol. The molecule has 168 valence electrons. The Balaban J connectivity index is 1.69. The minimum absolute atomic E-state index is 0.0239. The van der Waals surface area contributed by atoms with Gasteiger partial charge >= 0.3 is 0 Å². The van der Waals surface area contributed by atoms with Crippen LogP contribution < -0.4 is 15.9 Å². The Morgan fingerprint density at radius 1 is 1.18 bits per heavy atom. The van der Waals surface area contributed by atoms with E-state index in [0.717, 1.165) is 0 Å². The van der Waals surface area contributed by atoms with E-state index in [1.54, 1.807) is 43.3 Å². The highest BCUT2D eigenvalue weighted by Gasteiger charge is 2.25. The predicted molar refractivity (Wildman–Crippen MR) is 116 cm³/mol. The SMILES string of the molecule is CCOc1ccc(-c2c(C(=O)N/N=C(/C)c3ccc(F)cc3)nnn2-c2nonc2N)cc1. The zero-order chi connectivity index (χ0) is 23.4. The van der Waals surface area contributed by atoms with Crippen molar-refractivity contribution in [1.82, 2.24) is 30.7 Å². The molecule has 0 aliphatic heterocycles. The number of benzene rings is 2. The van der Waals surface area contributed by atoms with Gasteiger partial charge in [-0.05, 0) is 66.1 Å². The number of hydrogen-bond donors (Lipinski definition) is 2. The summed E-state index contributed by atoms with van der Waals surface area (Å²) in [5.74, 6) is -0.274. The number of hydrogen-bond acceptors (Lipinski definition) is 9. The third kappa shape index (κ3) is 4.54. The monoisotopic (exact) mass is 450 g/mol. The number of ether oxygens (including phenoxy) is 1. The van der Waals surface area contributed by atoms with Crippen LogP contribution in [0.3, 0.4) is 0 Å². The first-order chi connectivity index (χ1) is 16.0. The van der Waals surface area contributed by atoms with Gasteiger partial charge in [0.1, 0.15) is 17.3 Å². The van der Waals surface area contributed by atoms with Gasteiger partial charge in [-0.25, -0.2) is 14.4 Å². The molecule has 0 spiro atoms. The molecule has 0 atom stereocenters. The maximum Gasteiger partial charge on any atom is 0.294 e. The van der Waals surface area contributed by atoms with Crippen molar-refractivity contribution in [2.45, 2.75) is 13.8 Å². The fraction of sp³-hybridized carbons (Fsp3) is 0.143. The van der Waals surface area contributed by atoms with Crippen molar-refractivity contribution in [3.63, 3.8) is 0 Å². The number of nitrogen functional groups attached to an aromatic ring is 1. The second kappa shape index (κ2) is 9.26. The number of rotatable bonds is 7. The molecule has 4 rings (SSSR count). The molecule has 2 aromatic carbocycles. The molecule has 11 nitrogen and oxygen atoms in total. The molecule has 0 aliphatic carbocycles. The van der Waals surface area contributed by atoms with Crippen molar-refractivity contribution >= 4 is 17.4 Å². The van der Waals surface area contributed by atoms with Crippen LogP contribution in [-0.4, -0.2) is 43.5 Å². The second-order valence-corrected chi connectivity index (χ2v) is 6.77. The Morgan fingerprint density at radius 2 is 1.91 bits per heavy atom. The summed E-state index contributed by atoms with van der Waals surface area (Å²) in [6.45, 7) is 4.07. The van der Waals surface area contributed by atoms with E-state index in [-0.39, 0.29) is 23.1 Å². The third-order valence-electron chi connectivity index (χ3n) is 4.61. The highest BCUT2D eigenvalue weighted by molar-refractivity contribution is 6.02. The minimum Gasteiger partial charge on any atom is -0.494 e. The van der Waals surface area contributed by atoms with Crippen molar-refractivity contribution in [2.75, 3.05) is 12.3 Å². The van der Waals surface area contributed by atoms with E-state index < -0.39 is 5.91 Å². The summed E-state index contributed by atoms with van der Waals surface area (Å²) in [4.78, 5) is 13.0. The van der Waals surface area contributed by atoms with Gasteiger partial charge in [-0.15, -0.1) is 5.10 Å². The van der Waals surface area contributed by atoms with Gasteiger partial charge in [0.15, 0.2) is 5.69 Å². The topological polar surface area (TPSA) is 146 Å². The Kier molecular flexibility index (Phi) is 6.06. The number of nitrogens with zero attached hydrogens (tertiary/aromatic N) is 6. The summed E-state index contributed by atoms with van der Waals surface area (Å²) in [6.07, 6.45) is 0. The van der Waals surface area contributed by atoms with Crippen LogP contribution in [-0.2, 0) is 0 Å². The zero-order valence-electron chi connectivity index (χ0n) is 17.7. The molecule has 0 bridgehead atoms. The van der Waals surface area contributed by atoms with E-state index >= 15 is 0 Å². The molecule has 4 aromatic rings. The molecule has 3 N–H and O–H groups in total. The largest absolute Gasteiger partial charge is 0.494 e. The maximum atomic E-state index is 13.1. The summed E-state index contributed by atoms with van der Waals surface area (Å²) >= 11 is 0. The summed E-state index contributed by atoms with van der Waals surface area (Å²) < 4.78 is 24.5. The number of amides is 1. The molecule has 0 radical (unpaired) electrons. The van der Waals surface area contributed by atoms with Gasteiger partial charge in [-0.3, -0.25) is 4.79 Å². The van der Waals surface area contributed by atoms with E-state index in [4.69, 9.17) is 10.5 Å². The molecule has 1 amide bonds. The maximum absolute atomic E-state index is 13.1. The van der Waals surface area contributed by atoms with Gasteiger partial charge in [0, 0.05) is 5.56 Å². The molecule has 33 heavy (non-hydrogen) atoms. The molecule has 0 saturated carbocycles. The van der Waals surface area contributed by atoms with Gasteiger partial charge in [0.2, 0.25) is 11.6 Å². The number of hydrazone groups is 1. The lowest BCUT2D eigenvalue weighted by Crippen LogP contribution is -2.21. The number of anilines is 1. The number of nitrogens with one attached hydrogen (secondary N) is 1. The van der Waals surface area contributed by atoms with Crippen LogP contribution in [0, 0.1) is 5.82 Å². The predicted octanol–water partition coefficient (Wildman–Crippen LogP) is 2.59. The van der Waals surface area contributed by atoms with Crippen LogP contribution in [0.2, 0.25) is 0 Å². The molecule has 2 heterocycles. The van der Waals surface area contributed by atoms with Crippen LogP contribution >= 0.6 is 0 Å².